The molecule has 1 unspecified atom stereocenters. The number of aliphatic imine (C=N–C) groups is 1. The highest BCUT2D eigenvalue weighted by molar-refractivity contribution is 9.08. The van der Waals surface area contributed by atoms with Crippen LogP contribution in [0.1, 0.15) is 18.1 Å². The molecule has 1 nitrogen and oxygen atoms in total. The molecule has 16 heavy (non-hydrogen) atoms. The minimum atomic E-state index is 0.426. The van der Waals surface area contributed by atoms with Gasteiger partial charge in [-0.3, -0.25) is 4.99 Å². The summed E-state index contributed by atoms with van der Waals surface area (Å²) in [5.41, 5.74) is 6.27. The third kappa shape index (κ3) is 1.33. The van der Waals surface area contributed by atoms with Crippen molar-refractivity contribution in [3.63, 3.8) is 0 Å². The maximum absolute atomic E-state index is 4.74. The summed E-state index contributed by atoms with van der Waals surface area (Å²) in [5, 5.41) is 0.883. The summed E-state index contributed by atoms with van der Waals surface area (Å²) in [6, 6.07) is 6.34. The molecule has 0 spiro atoms. The van der Waals surface area contributed by atoms with Gasteiger partial charge in [0.2, 0.25) is 0 Å². The van der Waals surface area contributed by atoms with E-state index in [0.717, 1.165) is 11.0 Å². The predicted molar refractivity (Wildman–Crippen MR) is 72.4 cm³/mol. The summed E-state index contributed by atoms with van der Waals surface area (Å²) in [6.07, 6.45) is 6.51. The number of allylic oxidation sites excluding steroid dienone is 4. The van der Waals surface area contributed by atoms with Crippen LogP contribution >= 0.6 is 15.9 Å². The Morgan fingerprint density at radius 3 is 3.06 bits per heavy atom. The Morgan fingerprint density at radius 2 is 2.25 bits per heavy atom. The van der Waals surface area contributed by atoms with Crippen molar-refractivity contribution in [2.24, 2.45) is 10.9 Å². The molecule has 2 heteroatoms. The largest absolute Gasteiger partial charge is 0.252 e. The second-order valence-corrected chi connectivity index (χ2v) is 4.76. The maximum Gasteiger partial charge on any atom is 0.0715 e. The van der Waals surface area contributed by atoms with Gasteiger partial charge in [0.25, 0.3) is 0 Å². The van der Waals surface area contributed by atoms with E-state index in [1.807, 2.05) is 0 Å². The Bertz CT molecular complexity index is 538. The van der Waals surface area contributed by atoms with Gasteiger partial charge >= 0.3 is 0 Å². The fourth-order valence-electron chi connectivity index (χ4n) is 2.35. The fourth-order valence-corrected chi connectivity index (χ4v) is 2.81. The van der Waals surface area contributed by atoms with Gasteiger partial charge in [-0.2, -0.15) is 0 Å². The first-order chi connectivity index (χ1) is 7.81. The lowest BCUT2D eigenvalue weighted by atomic mass is 9.89. The Morgan fingerprint density at radius 1 is 1.38 bits per heavy atom. The van der Waals surface area contributed by atoms with Crippen LogP contribution < -0.4 is 0 Å². The van der Waals surface area contributed by atoms with Crippen LogP contribution in [0.3, 0.4) is 0 Å². The van der Waals surface area contributed by atoms with E-state index in [0.29, 0.717) is 5.92 Å². The van der Waals surface area contributed by atoms with E-state index in [9.17, 15) is 0 Å². The summed E-state index contributed by atoms with van der Waals surface area (Å²) in [6.45, 7) is 2.20. The van der Waals surface area contributed by atoms with Gasteiger partial charge in [-0.15, -0.1) is 0 Å². The van der Waals surface area contributed by atoms with Crippen LogP contribution in [0.15, 0.2) is 41.4 Å². The van der Waals surface area contributed by atoms with Crippen molar-refractivity contribution in [2.45, 2.75) is 12.3 Å². The Kier molecular flexibility index (Phi) is 2.32. The highest BCUT2D eigenvalue weighted by Gasteiger charge is 2.26. The van der Waals surface area contributed by atoms with E-state index in [1.165, 1.54) is 22.4 Å². The van der Waals surface area contributed by atoms with Crippen molar-refractivity contribution in [3.8, 4) is 0 Å². The van der Waals surface area contributed by atoms with Crippen molar-refractivity contribution in [3.05, 3.63) is 47.6 Å². The second-order valence-electron chi connectivity index (χ2n) is 4.20. The number of hydrogen-bond donors (Lipinski definition) is 0. The van der Waals surface area contributed by atoms with Crippen LogP contribution in [0, 0.1) is 5.92 Å². The minimum Gasteiger partial charge on any atom is -0.252 e. The number of hydrogen-bond acceptors (Lipinski definition) is 1. The SMILES string of the molecule is CC1C=CC=C2C1=Nc1cccc(CBr)c12. The summed E-state index contributed by atoms with van der Waals surface area (Å²) in [5.74, 6) is 0.426. The zero-order valence-corrected chi connectivity index (χ0v) is 10.7. The Hall–Kier alpha value is -1.15. The van der Waals surface area contributed by atoms with E-state index in [4.69, 9.17) is 4.99 Å². The van der Waals surface area contributed by atoms with E-state index < -0.39 is 0 Å². The number of fused-ring (bicyclic) bond motifs is 3. The van der Waals surface area contributed by atoms with E-state index >= 15 is 0 Å². The van der Waals surface area contributed by atoms with Crippen molar-refractivity contribution < 1.29 is 0 Å². The monoisotopic (exact) mass is 273 g/mol. The van der Waals surface area contributed by atoms with Gasteiger partial charge in [0.1, 0.15) is 0 Å². The number of alkyl halides is 1. The van der Waals surface area contributed by atoms with Crippen molar-refractivity contribution in [2.75, 3.05) is 0 Å². The minimum absolute atomic E-state index is 0.426. The Labute approximate surface area is 104 Å². The highest BCUT2D eigenvalue weighted by Crippen LogP contribution is 2.41. The van der Waals surface area contributed by atoms with Gasteiger partial charge in [-0.25, -0.2) is 0 Å². The molecule has 1 aliphatic heterocycles. The molecule has 1 aliphatic carbocycles. The lowest BCUT2D eigenvalue weighted by Crippen LogP contribution is -2.10. The predicted octanol–water partition coefficient (Wildman–Crippen LogP) is 4.26. The molecule has 1 aromatic rings. The lowest BCUT2D eigenvalue weighted by Gasteiger charge is -2.14. The second kappa shape index (κ2) is 3.70. The molecule has 0 bridgehead atoms. The van der Waals surface area contributed by atoms with Crippen LogP contribution in [0.5, 0.6) is 0 Å². The number of rotatable bonds is 1. The third-order valence-electron chi connectivity index (χ3n) is 3.15. The molecular weight excluding hydrogens is 262 g/mol. The zero-order chi connectivity index (χ0) is 11.1. The molecule has 80 valence electrons. The first-order valence-electron chi connectivity index (χ1n) is 5.47. The van der Waals surface area contributed by atoms with E-state index in [-0.39, 0.29) is 0 Å². The number of nitrogens with zero attached hydrogens (tertiary/aromatic N) is 1. The van der Waals surface area contributed by atoms with Gasteiger partial charge < -0.3 is 0 Å². The van der Waals surface area contributed by atoms with Gasteiger partial charge in [-0.05, 0) is 11.6 Å². The summed E-state index contributed by atoms with van der Waals surface area (Å²) in [4.78, 5) is 4.74. The normalized spacial score (nSPS) is 21.2. The van der Waals surface area contributed by atoms with Crippen LogP contribution in [0.4, 0.5) is 5.69 Å². The van der Waals surface area contributed by atoms with E-state index in [2.05, 4.69) is 59.3 Å². The summed E-state index contributed by atoms with van der Waals surface area (Å²) < 4.78 is 0. The average Bonchev–Trinajstić information content (AvgIpc) is 2.69. The standard InChI is InChI=1S/C14H12BrN/c1-9-4-2-6-11-13-10(8-15)5-3-7-12(13)16-14(9)11/h2-7,9H,8H2,1H3. The molecule has 0 saturated heterocycles. The fraction of sp³-hybridized carbons (Fsp3) is 0.214. The molecule has 2 aliphatic rings. The molecular formula is C14H12BrN. The average molecular weight is 274 g/mol. The van der Waals surface area contributed by atoms with Gasteiger partial charge in [0.05, 0.1) is 11.4 Å². The third-order valence-corrected chi connectivity index (χ3v) is 3.76. The first kappa shape index (κ1) is 10.0. The molecule has 1 heterocycles. The van der Waals surface area contributed by atoms with Crippen LogP contribution in [-0.4, -0.2) is 5.71 Å². The smallest absolute Gasteiger partial charge is 0.0715 e. The van der Waals surface area contributed by atoms with Crippen molar-refractivity contribution >= 4 is 32.9 Å². The summed E-state index contributed by atoms with van der Waals surface area (Å²) in [7, 11) is 0. The molecule has 0 fully saturated rings. The lowest BCUT2D eigenvalue weighted by molar-refractivity contribution is 1.00. The number of benzene rings is 1. The molecule has 0 saturated carbocycles. The quantitative estimate of drug-likeness (QED) is 0.678. The summed E-state index contributed by atoms with van der Waals surface area (Å²) >= 11 is 3.55. The molecule has 0 amide bonds. The van der Waals surface area contributed by atoms with Crippen LogP contribution in [0.25, 0.3) is 5.57 Å². The zero-order valence-electron chi connectivity index (χ0n) is 9.07. The molecule has 1 atom stereocenters. The molecule has 0 radical (unpaired) electrons. The molecule has 3 rings (SSSR count). The van der Waals surface area contributed by atoms with Crippen molar-refractivity contribution in [1.82, 2.24) is 0 Å². The highest BCUT2D eigenvalue weighted by atomic mass is 79.9. The van der Waals surface area contributed by atoms with Crippen LogP contribution in [-0.2, 0) is 5.33 Å². The molecule has 0 N–H and O–H groups in total. The molecule has 0 aromatic heterocycles. The first-order valence-corrected chi connectivity index (χ1v) is 6.59. The number of halogens is 1. The van der Waals surface area contributed by atoms with Gasteiger partial charge in [0, 0.05) is 22.4 Å². The van der Waals surface area contributed by atoms with Gasteiger partial charge in [-0.1, -0.05) is 53.2 Å². The van der Waals surface area contributed by atoms with E-state index in [1.54, 1.807) is 0 Å². The maximum atomic E-state index is 4.74. The molecule has 1 aromatic carbocycles. The Balaban J connectivity index is 2.23. The topological polar surface area (TPSA) is 12.4 Å². The van der Waals surface area contributed by atoms with Gasteiger partial charge in [0.15, 0.2) is 0 Å². The van der Waals surface area contributed by atoms with Crippen molar-refractivity contribution in [1.29, 1.82) is 0 Å². The van der Waals surface area contributed by atoms with Crippen LogP contribution in [0.2, 0.25) is 0 Å².